The molecule has 0 bridgehead atoms. The molecule has 24 heavy (non-hydrogen) atoms. The molecule has 0 fully saturated rings. The molecule has 2 aromatic heterocycles. The Kier molecular flexibility index (Phi) is 4.57. The number of nitrogens with one attached hydrogen (secondary N) is 1. The molecule has 0 amide bonds. The maximum absolute atomic E-state index is 5.28. The first kappa shape index (κ1) is 16.5. The lowest BCUT2D eigenvalue weighted by molar-refractivity contribution is 0.319. The third-order valence-electron chi connectivity index (χ3n) is 3.27. The van der Waals surface area contributed by atoms with E-state index in [0.29, 0.717) is 28.4 Å². The van der Waals surface area contributed by atoms with Crippen molar-refractivity contribution < 1.29 is 9.26 Å². The highest BCUT2D eigenvalue weighted by atomic mass is 32.2. The van der Waals surface area contributed by atoms with Crippen LogP contribution in [0.4, 0.5) is 0 Å². The minimum atomic E-state index is -0.151. The maximum atomic E-state index is 5.28. The lowest BCUT2D eigenvalue weighted by Gasteiger charge is -2.10. The first-order valence-corrected chi connectivity index (χ1v) is 8.47. The summed E-state index contributed by atoms with van der Waals surface area (Å²) in [5.41, 5.74) is 0.798. The molecular weight excluding hydrogens is 326 g/mol. The van der Waals surface area contributed by atoms with E-state index < -0.39 is 0 Å². The van der Waals surface area contributed by atoms with Crippen LogP contribution >= 0.6 is 11.8 Å². The second-order valence-electron chi connectivity index (χ2n) is 6.25. The number of aromatic amines is 1. The number of benzene rings is 1. The molecule has 0 radical (unpaired) electrons. The minimum Gasteiger partial charge on any atom is -0.497 e. The van der Waals surface area contributed by atoms with Crippen LogP contribution in [0.25, 0.3) is 11.4 Å². The molecule has 0 saturated carbocycles. The fraction of sp³-hybridized carbons (Fsp3) is 0.375. The minimum absolute atomic E-state index is 0.151. The highest BCUT2D eigenvalue weighted by molar-refractivity contribution is 7.98. The summed E-state index contributed by atoms with van der Waals surface area (Å²) in [6.07, 6.45) is 0. The Morgan fingerprint density at radius 1 is 1.17 bits per heavy atom. The van der Waals surface area contributed by atoms with E-state index in [1.165, 1.54) is 11.8 Å². The van der Waals surface area contributed by atoms with Crippen LogP contribution in [-0.4, -0.2) is 32.4 Å². The van der Waals surface area contributed by atoms with Gasteiger partial charge in [-0.25, -0.2) is 4.98 Å². The molecule has 3 aromatic rings. The van der Waals surface area contributed by atoms with Gasteiger partial charge in [0.05, 0.1) is 12.9 Å². The predicted molar refractivity (Wildman–Crippen MR) is 90.9 cm³/mol. The molecular formula is C16H19N5O2S. The molecule has 0 atom stereocenters. The molecule has 7 nitrogen and oxygen atoms in total. The zero-order valence-corrected chi connectivity index (χ0v) is 14.8. The molecule has 0 unspecified atom stereocenters. The first-order valence-electron chi connectivity index (χ1n) is 7.48. The highest BCUT2D eigenvalue weighted by Crippen LogP contribution is 2.25. The number of thioether (sulfide) groups is 1. The number of methoxy groups -OCH3 is 1. The monoisotopic (exact) mass is 345 g/mol. The predicted octanol–water partition coefficient (Wildman–Crippen LogP) is 3.45. The third kappa shape index (κ3) is 3.76. The molecule has 1 N–H and O–H groups in total. The Morgan fingerprint density at radius 2 is 1.92 bits per heavy atom. The summed E-state index contributed by atoms with van der Waals surface area (Å²) in [4.78, 5) is 8.88. The van der Waals surface area contributed by atoms with Crippen LogP contribution in [0.15, 0.2) is 33.9 Å². The van der Waals surface area contributed by atoms with E-state index >= 15 is 0 Å². The fourth-order valence-corrected chi connectivity index (χ4v) is 2.58. The van der Waals surface area contributed by atoms with Crippen molar-refractivity contribution in [2.45, 2.75) is 37.1 Å². The van der Waals surface area contributed by atoms with E-state index in [-0.39, 0.29) is 5.41 Å². The van der Waals surface area contributed by atoms with Gasteiger partial charge in [0.25, 0.3) is 0 Å². The van der Waals surface area contributed by atoms with E-state index in [1.807, 2.05) is 45.0 Å². The smallest absolute Gasteiger partial charge is 0.232 e. The highest BCUT2D eigenvalue weighted by Gasteiger charge is 2.21. The summed E-state index contributed by atoms with van der Waals surface area (Å²) >= 11 is 1.46. The number of hydrogen-bond acceptors (Lipinski definition) is 7. The van der Waals surface area contributed by atoms with Gasteiger partial charge in [-0.1, -0.05) is 37.7 Å². The molecule has 0 spiro atoms. The van der Waals surface area contributed by atoms with Gasteiger partial charge in [-0.3, -0.25) is 5.10 Å². The molecule has 0 aliphatic rings. The Balaban J connectivity index is 1.64. The second kappa shape index (κ2) is 6.64. The van der Waals surface area contributed by atoms with Gasteiger partial charge < -0.3 is 9.26 Å². The van der Waals surface area contributed by atoms with E-state index in [4.69, 9.17) is 9.26 Å². The zero-order valence-electron chi connectivity index (χ0n) is 14.0. The molecule has 0 saturated heterocycles. The first-order chi connectivity index (χ1) is 11.5. The van der Waals surface area contributed by atoms with Gasteiger partial charge in [-0.2, -0.15) is 4.98 Å². The number of aromatic nitrogens is 5. The molecule has 3 rings (SSSR count). The summed E-state index contributed by atoms with van der Waals surface area (Å²) in [6, 6.07) is 7.64. The van der Waals surface area contributed by atoms with Gasteiger partial charge >= 0.3 is 0 Å². The molecule has 2 heterocycles. The van der Waals surface area contributed by atoms with Gasteiger partial charge in [0, 0.05) is 11.0 Å². The van der Waals surface area contributed by atoms with Gasteiger partial charge in [0.2, 0.25) is 11.0 Å². The topological polar surface area (TPSA) is 89.7 Å². The SMILES string of the molecule is COc1ccc(-c2nc(SCc3noc(C(C)(C)C)n3)n[nH]2)cc1. The van der Waals surface area contributed by atoms with Crippen LogP contribution in [0.2, 0.25) is 0 Å². The van der Waals surface area contributed by atoms with Crippen molar-refractivity contribution in [2.75, 3.05) is 7.11 Å². The van der Waals surface area contributed by atoms with E-state index in [0.717, 1.165) is 11.3 Å². The number of ether oxygens (including phenoxy) is 1. The zero-order chi connectivity index (χ0) is 17.2. The Labute approximate surface area is 144 Å². The fourth-order valence-electron chi connectivity index (χ4n) is 1.94. The maximum Gasteiger partial charge on any atom is 0.232 e. The average molecular weight is 345 g/mol. The van der Waals surface area contributed by atoms with Crippen LogP contribution < -0.4 is 4.74 Å². The van der Waals surface area contributed by atoms with Crippen molar-refractivity contribution in [3.05, 3.63) is 36.0 Å². The van der Waals surface area contributed by atoms with Crippen molar-refractivity contribution in [3.8, 4) is 17.1 Å². The largest absolute Gasteiger partial charge is 0.497 e. The normalized spacial score (nSPS) is 11.7. The molecule has 0 aliphatic heterocycles. The van der Waals surface area contributed by atoms with Crippen molar-refractivity contribution >= 4 is 11.8 Å². The van der Waals surface area contributed by atoms with Crippen LogP contribution in [0.3, 0.4) is 0 Å². The van der Waals surface area contributed by atoms with Gasteiger partial charge in [-0.15, -0.1) is 5.10 Å². The quantitative estimate of drug-likeness (QED) is 0.708. The molecule has 8 heteroatoms. The number of hydrogen-bond donors (Lipinski definition) is 1. The van der Waals surface area contributed by atoms with E-state index in [1.54, 1.807) is 7.11 Å². The summed E-state index contributed by atoms with van der Waals surface area (Å²) in [6.45, 7) is 6.11. The van der Waals surface area contributed by atoms with Crippen LogP contribution in [0, 0.1) is 0 Å². The molecule has 1 aromatic carbocycles. The number of rotatable bonds is 5. The van der Waals surface area contributed by atoms with Crippen LogP contribution in [-0.2, 0) is 11.2 Å². The van der Waals surface area contributed by atoms with Crippen molar-refractivity contribution in [2.24, 2.45) is 0 Å². The van der Waals surface area contributed by atoms with Gasteiger partial charge in [0.1, 0.15) is 5.75 Å². The van der Waals surface area contributed by atoms with Crippen LogP contribution in [0.5, 0.6) is 5.75 Å². The van der Waals surface area contributed by atoms with Crippen LogP contribution in [0.1, 0.15) is 32.5 Å². The Hall–Kier alpha value is -2.35. The van der Waals surface area contributed by atoms with Crippen molar-refractivity contribution in [3.63, 3.8) is 0 Å². The van der Waals surface area contributed by atoms with E-state index in [2.05, 4.69) is 25.3 Å². The lowest BCUT2D eigenvalue weighted by atomic mass is 9.97. The second-order valence-corrected chi connectivity index (χ2v) is 7.19. The molecule has 0 aliphatic carbocycles. The number of H-pyrrole nitrogens is 1. The Morgan fingerprint density at radius 3 is 2.54 bits per heavy atom. The van der Waals surface area contributed by atoms with Gasteiger partial charge in [0.15, 0.2) is 11.6 Å². The summed E-state index contributed by atoms with van der Waals surface area (Å²) < 4.78 is 10.4. The van der Waals surface area contributed by atoms with E-state index in [9.17, 15) is 0 Å². The van der Waals surface area contributed by atoms with Crippen molar-refractivity contribution in [1.82, 2.24) is 25.3 Å². The Bertz CT molecular complexity index is 804. The molecule has 126 valence electrons. The number of nitrogens with zero attached hydrogens (tertiary/aromatic N) is 4. The average Bonchev–Trinajstić information content (AvgIpc) is 3.22. The summed E-state index contributed by atoms with van der Waals surface area (Å²) in [5.74, 6) is 3.34. The lowest BCUT2D eigenvalue weighted by Crippen LogP contribution is -2.11. The third-order valence-corrected chi connectivity index (χ3v) is 4.11. The van der Waals surface area contributed by atoms with Gasteiger partial charge in [-0.05, 0) is 24.3 Å². The standard InChI is InChI=1S/C16H19N5O2S/c1-16(2,3)14-17-12(21-23-14)9-24-15-18-13(19-20-15)10-5-7-11(22-4)8-6-10/h5-8H,9H2,1-4H3,(H,18,19,20). The van der Waals surface area contributed by atoms with Crippen molar-refractivity contribution in [1.29, 1.82) is 0 Å². The summed E-state index contributed by atoms with van der Waals surface area (Å²) in [5, 5.41) is 11.8. The summed E-state index contributed by atoms with van der Waals surface area (Å²) in [7, 11) is 1.64.